The molecule has 1 fully saturated rings. The maximum atomic E-state index is 11.5. The number of aromatic nitrogens is 1. The van der Waals surface area contributed by atoms with E-state index in [9.17, 15) is 4.79 Å². The van der Waals surface area contributed by atoms with E-state index in [1.54, 1.807) is 11.3 Å². The number of ether oxygens (including phenoxy) is 2. The Hall–Kier alpha value is -1.70. The number of hydrogen-bond acceptors (Lipinski definition) is 6. The van der Waals surface area contributed by atoms with Gasteiger partial charge in [-0.25, -0.2) is 4.98 Å². The number of thiazole rings is 1. The molecule has 0 aliphatic carbocycles. The van der Waals surface area contributed by atoms with E-state index in [1.807, 2.05) is 18.2 Å². The van der Waals surface area contributed by atoms with E-state index in [0.717, 1.165) is 47.3 Å². The van der Waals surface area contributed by atoms with Crippen molar-refractivity contribution in [3.8, 4) is 0 Å². The molecule has 0 saturated carbocycles. The molecule has 7 heteroatoms. The maximum absolute atomic E-state index is 11.5. The number of methoxy groups -OCH3 is 1. The van der Waals surface area contributed by atoms with Crippen LogP contribution < -0.4 is 10.2 Å². The molecule has 0 atom stereocenters. The van der Waals surface area contributed by atoms with Crippen LogP contribution in [0.15, 0.2) is 18.2 Å². The van der Waals surface area contributed by atoms with Crippen molar-refractivity contribution in [1.29, 1.82) is 0 Å². The summed E-state index contributed by atoms with van der Waals surface area (Å²) in [5, 5.41) is 3.81. The normalized spacial score (nSPS) is 15.4. The smallest absolute Gasteiger partial charge is 0.250 e. The third-order valence-corrected chi connectivity index (χ3v) is 4.30. The summed E-state index contributed by atoms with van der Waals surface area (Å²) in [5.41, 5.74) is 1.72. The van der Waals surface area contributed by atoms with Crippen molar-refractivity contribution < 1.29 is 14.3 Å². The first-order valence-corrected chi connectivity index (χ1v) is 7.60. The fourth-order valence-electron chi connectivity index (χ4n) is 2.21. The van der Waals surface area contributed by atoms with Gasteiger partial charge in [-0.15, -0.1) is 0 Å². The molecule has 1 saturated heterocycles. The Morgan fingerprint density at radius 2 is 2.29 bits per heavy atom. The number of carbonyl (C=O) groups excluding carboxylic acids is 1. The van der Waals surface area contributed by atoms with Crippen molar-refractivity contribution in [3.63, 3.8) is 0 Å². The van der Waals surface area contributed by atoms with Gasteiger partial charge in [0.15, 0.2) is 5.13 Å². The third-order valence-electron chi connectivity index (χ3n) is 3.22. The minimum absolute atomic E-state index is 0.0553. The molecular formula is C14H17N3O3S. The maximum Gasteiger partial charge on any atom is 0.250 e. The predicted octanol–water partition coefficient (Wildman–Crippen LogP) is 1.72. The highest BCUT2D eigenvalue weighted by Crippen LogP contribution is 2.31. The highest BCUT2D eigenvalue weighted by molar-refractivity contribution is 7.22. The van der Waals surface area contributed by atoms with Crippen LogP contribution in [-0.2, 0) is 14.3 Å². The molecule has 0 bridgehead atoms. The first kappa shape index (κ1) is 14.2. The molecule has 2 aromatic rings. The lowest BCUT2D eigenvalue weighted by Gasteiger charge is -2.25. The zero-order valence-electron chi connectivity index (χ0n) is 11.8. The largest absolute Gasteiger partial charge is 0.378 e. The van der Waals surface area contributed by atoms with E-state index < -0.39 is 0 Å². The zero-order valence-corrected chi connectivity index (χ0v) is 12.6. The minimum Gasteiger partial charge on any atom is -0.378 e. The molecule has 0 spiro atoms. The Kier molecular flexibility index (Phi) is 4.33. The second kappa shape index (κ2) is 6.38. The molecule has 0 radical (unpaired) electrons. The Balaban J connectivity index is 1.79. The fraction of sp³-hybridized carbons (Fsp3) is 0.429. The summed E-state index contributed by atoms with van der Waals surface area (Å²) in [6, 6.07) is 5.74. The lowest BCUT2D eigenvalue weighted by atomic mass is 10.3. The molecule has 6 nitrogen and oxygen atoms in total. The van der Waals surface area contributed by atoms with Gasteiger partial charge in [-0.2, -0.15) is 0 Å². The summed E-state index contributed by atoms with van der Waals surface area (Å²) >= 11 is 1.64. The van der Waals surface area contributed by atoms with Gasteiger partial charge in [-0.1, -0.05) is 11.3 Å². The van der Waals surface area contributed by atoms with Crippen LogP contribution in [0.2, 0.25) is 0 Å². The van der Waals surface area contributed by atoms with E-state index in [1.165, 1.54) is 7.11 Å². The second-order valence-electron chi connectivity index (χ2n) is 4.76. The molecule has 3 rings (SSSR count). The van der Waals surface area contributed by atoms with E-state index >= 15 is 0 Å². The van der Waals surface area contributed by atoms with Crippen LogP contribution in [-0.4, -0.2) is 50.9 Å². The van der Waals surface area contributed by atoms with Gasteiger partial charge >= 0.3 is 0 Å². The topological polar surface area (TPSA) is 63.7 Å². The molecule has 1 aromatic carbocycles. The number of benzene rings is 1. The minimum atomic E-state index is -0.158. The SMILES string of the molecule is COCC(=O)Nc1ccc2nc(N3CCOCC3)sc2c1. The van der Waals surface area contributed by atoms with Gasteiger partial charge in [0.25, 0.3) is 0 Å². The quantitative estimate of drug-likeness (QED) is 0.932. The van der Waals surface area contributed by atoms with Gasteiger partial charge < -0.3 is 19.7 Å². The first-order valence-electron chi connectivity index (χ1n) is 6.78. The number of amides is 1. The summed E-state index contributed by atoms with van der Waals surface area (Å²) < 4.78 is 11.2. The molecule has 1 aliphatic rings. The number of hydrogen-bond donors (Lipinski definition) is 1. The molecule has 1 N–H and O–H groups in total. The summed E-state index contributed by atoms with van der Waals surface area (Å²) in [7, 11) is 1.50. The van der Waals surface area contributed by atoms with Crippen LogP contribution in [0.3, 0.4) is 0 Å². The van der Waals surface area contributed by atoms with Crippen LogP contribution in [0, 0.1) is 0 Å². The Bertz CT molecular complexity index is 637. The summed E-state index contributed by atoms with van der Waals surface area (Å²) in [4.78, 5) is 18.4. The van der Waals surface area contributed by atoms with Crippen LogP contribution in [0.4, 0.5) is 10.8 Å². The average molecular weight is 307 g/mol. The average Bonchev–Trinajstić information content (AvgIpc) is 2.91. The van der Waals surface area contributed by atoms with Crippen LogP contribution >= 0.6 is 11.3 Å². The third kappa shape index (κ3) is 3.31. The summed E-state index contributed by atoms with van der Waals surface area (Å²) in [5.74, 6) is -0.158. The predicted molar refractivity (Wildman–Crippen MR) is 83.2 cm³/mol. The van der Waals surface area contributed by atoms with Crippen molar-refractivity contribution in [1.82, 2.24) is 4.98 Å². The Labute approximate surface area is 126 Å². The number of carbonyl (C=O) groups is 1. The van der Waals surface area contributed by atoms with Crippen molar-refractivity contribution >= 4 is 38.3 Å². The van der Waals surface area contributed by atoms with Crippen molar-refractivity contribution in [2.75, 3.05) is 50.2 Å². The van der Waals surface area contributed by atoms with Gasteiger partial charge in [0.2, 0.25) is 5.91 Å². The van der Waals surface area contributed by atoms with Crippen LogP contribution in [0.25, 0.3) is 10.2 Å². The van der Waals surface area contributed by atoms with Crippen molar-refractivity contribution in [2.24, 2.45) is 0 Å². The Morgan fingerprint density at radius 1 is 1.48 bits per heavy atom. The summed E-state index contributed by atoms with van der Waals surface area (Å²) in [6.07, 6.45) is 0. The summed E-state index contributed by atoms with van der Waals surface area (Å²) in [6.45, 7) is 3.29. The van der Waals surface area contributed by atoms with Crippen LogP contribution in [0.1, 0.15) is 0 Å². The van der Waals surface area contributed by atoms with Crippen LogP contribution in [0.5, 0.6) is 0 Å². The fourth-order valence-corrected chi connectivity index (χ4v) is 3.26. The van der Waals surface area contributed by atoms with E-state index in [2.05, 4.69) is 15.2 Å². The number of fused-ring (bicyclic) bond motifs is 1. The molecular weight excluding hydrogens is 290 g/mol. The standard InChI is InChI=1S/C14H17N3O3S/c1-19-9-13(18)15-10-2-3-11-12(8-10)21-14(16-11)17-4-6-20-7-5-17/h2-3,8H,4-7,9H2,1H3,(H,15,18). The van der Waals surface area contributed by atoms with E-state index in [-0.39, 0.29) is 12.5 Å². The molecule has 2 heterocycles. The monoisotopic (exact) mass is 307 g/mol. The highest BCUT2D eigenvalue weighted by Gasteiger charge is 2.15. The Morgan fingerprint density at radius 3 is 3.05 bits per heavy atom. The van der Waals surface area contributed by atoms with E-state index in [4.69, 9.17) is 9.47 Å². The van der Waals surface area contributed by atoms with Gasteiger partial charge in [0.05, 0.1) is 23.4 Å². The van der Waals surface area contributed by atoms with Crippen molar-refractivity contribution in [2.45, 2.75) is 0 Å². The molecule has 1 aliphatic heterocycles. The number of nitrogens with zero attached hydrogens (tertiary/aromatic N) is 2. The molecule has 21 heavy (non-hydrogen) atoms. The lowest BCUT2D eigenvalue weighted by Crippen LogP contribution is -2.36. The molecule has 1 amide bonds. The number of anilines is 2. The van der Waals surface area contributed by atoms with Gasteiger partial charge in [-0.3, -0.25) is 4.79 Å². The first-order chi connectivity index (χ1) is 10.3. The van der Waals surface area contributed by atoms with Crippen molar-refractivity contribution in [3.05, 3.63) is 18.2 Å². The second-order valence-corrected chi connectivity index (χ2v) is 5.77. The number of morpholine rings is 1. The number of nitrogens with one attached hydrogen (secondary N) is 1. The molecule has 1 aromatic heterocycles. The molecule has 112 valence electrons. The zero-order chi connectivity index (χ0) is 14.7. The highest BCUT2D eigenvalue weighted by atomic mass is 32.1. The van der Waals surface area contributed by atoms with Gasteiger partial charge in [-0.05, 0) is 18.2 Å². The molecule has 0 unspecified atom stereocenters. The van der Waals surface area contributed by atoms with Gasteiger partial charge in [0, 0.05) is 25.9 Å². The van der Waals surface area contributed by atoms with Gasteiger partial charge in [0.1, 0.15) is 6.61 Å². The van der Waals surface area contributed by atoms with E-state index in [0.29, 0.717) is 0 Å². The lowest BCUT2D eigenvalue weighted by molar-refractivity contribution is -0.119. The number of rotatable bonds is 4.